The summed E-state index contributed by atoms with van der Waals surface area (Å²) in [7, 11) is 0. The van der Waals surface area contributed by atoms with Crippen LogP contribution in [0.5, 0.6) is 5.75 Å². The number of imide groups is 1. The average molecular weight is 767 g/mol. The molecule has 0 radical (unpaired) electrons. The maximum atomic E-state index is 13.9. The van der Waals surface area contributed by atoms with E-state index < -0.39 is 48.0 Å². The summed E-state index contributed by atoms with van der Waals surface area (Å²) in [6, 6.07) is 19.5. The first kappa shape index (κ1) is 41.6. The van der Waals surface area contributed by atoms with Crippen molar-refractivity contribution in [2.75, 3.05) is 19.7 Å². The molecule has 13 nitrogen and oxygen atoms in total. The van der Waals surface area contributed by atoms with Crippen molar-refractivity contribution in [3.63, 3.8) is 0 Å². The molecule has 4 aromatic rings. The van der Waals surface area contributed by atoms with Gasteiger partial charge in [0.25, 0.3) is 5.91 Å². The van der Waals surface area contributed by atoms with Crippen LogP contribution in [-0.2, 0) is 36.8 Å². The van der Waals surface area contributed by atoms with Crippen molar-refractivity contribution >= 4 is 40.4 Å². The molecule has 1 aliphatic rings. The molecule has 5 rings (SSSR count). The Morgan fingerprint density at radius 2 is 1.57 bits per heavy atom. The van der Waals surface area contributed by atoms with Gasteiger partial charge in [0.15, 0.2) is 6.61 Å². The Morgan fingerprint density at radius 3 is 2.27 bits per heavy atom. The van der Waals surface area contributed by atoms with Gasteiger partial charge in [-0.05, 0) is 73.9 Å². The molecule has 0 aliphatic carbocycles. The molecule has 5 amide bonds. The summed E-state index contributed by atoms with van der Waals surface area (Å²) < 4.78 is 5.89. The number of para-hydroxylation sites is 2. The third-order valence-corrected chi connectivity index (χ3v) is 10.2. The molecule has 5 atom stereocenters. The largest absolute Gasteiger partial charge is 0.483 e. The van der Waals surface area contributed by atoms with Crippen molar-refractivity contribution < 1.29 is 33.8 Å². The monoisotopic (exact) mass is 766 g/mol. The van der Waals surface area contributed by atoms with E-state index in [2.05, 4.69) is 26.3 Å². The van der Waals surface area contributed by atoms with E-state index >= 15 is 0 Å². The number of aromatic amines is 1. The maximum absolute atomic E-state index is 13.9. The number of aliphatic hydroxyl groups excluding tert-OH is 1. The van der Waals surface area contributed by atoms with Crippen LogP contribution in [0, 0.1) is 19.8 Å². The lowest BCUT2D eigenvalue weighted by Crippen LogP contribution is -2.59. The number of ether oxygens (including phenoxy) is 1. The van der Waals surface area contributed by atoms with Gasteiger partial charge in [0, 0.05) is 37.0 Å². The highest BCUT2D eigenvalue weighted by atomic mass is 16.5. The molecule has 0 saturated carbocycles. The lowest BCUT2D eigenvalue weighted by atomic mass is 9.99. The maximum Gasteiger partial charge on any atom is 0.258 e. The third kappa shape index (κ3) is 11.0. The number of rotatable bonds is 17. The molecule has 56 heavy (non-hydrogen) atoms. The van der Waals surface area contributed by atoms with E-state index in [-0.39, 0.29) is 37.3 Å². The number of aromatic nitrogens is 1. The summed E-state index contributed by atoms with van der Waals surface area (Å²) in [5, 5.41) is 23.5. The SMILES string of the molecule is CC(=O)NC(=O)[C@H](Cc1c[nH]c2ccccc12)NC(=O)[C@@H](NC(=O)[C@@H]1CCCN1C[C@@H](O)[C@H](Cc1ccccc1)NC(=O)COc1c(C)cccc1C)C(C)C. The number of aliphatic hydroxyl groups is 1. The molecule has 3 aromatic carbocycles. The smallest absolute Gasteiger partial charge is 0.258 e. The molecule has 0 unspecified atom stereocenters. The van der Waals surface area contributed by atoms with Crippen molar-refractivity contribution in [3.05, 3.63) is 101 Å². The summed E-state index contributed by atoms with van der Waals surface area (Å²) in [6.07, 6.45) is 2.40. The summed E-state index contributed by atoms with van der Waals surface area (Å²) >= 11 is 0. The highest BCUT2D eigenvalue weighted by molar-refractivity contribution is 6.00. The van der Waals surface area contributed by atoms with Crippen LogP contribution in [0.25, 0.3) is 10.9 Å². The summed E-state index contributed by atoms with van der Waals surface area (Å²) in [4.78, 5) is 71.0. The lowest BCUT2D eigenvalue weighted by Gasteiger charge is -2.32. The fourth-order valence-electron chi connectivity index (χ4n) is 7.31. The number of likely N-dealkylation sites (tertiary alicyclic amines) is 1. The number of hydrogen-bond donors (Lipinski definition) is 6. The number of nitrogens with zero attached hydrogens (tertiary/aromatic N) is 1. The zero-order valence-electron chi connectivity index (χ0n) is 32.8. The van der Waals surface area contributed by atoms with E-state index in [1.165, 1.54) is 6.92 Å². The van der Waals surface area contributed by atoms with Crippen molar-refractivity contribution in [1.82, 2.24) is 31.2 Å². The predicted molar refractivity (Wildman–Crippen MR) is 214 cm³/mol. The number of carbonyl (C=O) groups is 5. The number of β-amino-alcohol motifs (C(OH)–C–C–N with tert-alkyl or cyclic N) is 1. The zero-order valence-corrected chi connectivity index (χ0v) is 32.8. The van der Waals surface area contributed by atoms with Crippen LogP contribution in [0.15, 0.2) is 79.0 Å². The van der Waals surface area contributed by atoms with E-state index in [1.54, 1.807) is 20.0 Å². The van der Waals surface area contributed by atoms with Crippen molar-refractivity contribution in [1.29, 1.82) is 0 Å². The number of nitrogens with one attached hydrogen (secondary N) is 5. The first-order chi connectivity index (χ1) is 26.8. The molecular formula is C43H54N6O7. The normalized spacial score (nSPS) is 16.4. The van der Waals surface area contributed by atoms with Gasteiger partial charge in [-0.3, -0.25) is 34.2 Å². The molecule has 6 N–H and O–H groups in total. The van der Waals surface area contributed by atoms with Gasteiger partial charge >= 0.3 is 0 Å². The van der Waals surface area contributed by atoms with Crippen molar-refractivity contribution in [2.24, 2.45) is 5.92 Å². The summed E-state index contributed by atoms with van der Waals surface area (Å²) in [5.41, 5.74) is 4.41. The predicted octanol–water partition coefficient (Wildman–Crippen LogP) is 3.25. The van der Waals surface area contributed by atoms with E-state index in [0.717, 1.165) is 33.2 Å². The molecule has 1 saturated heterocycles. The first-order valence-corrected chi connectivity index (χ1v) is 19.2. The Bertz CT molecular complexity index is 1980. The van der Waals surface area contributed by atoms with Gasteiger partial charge in [0.05, 0.1) is 18.2 Å². The van der Waals surface area contributed by atoms with Crippen LogP contribution in [0.3, 0.4) is 0 Å². The molecule has 13 heteroatoms. The van der Waals surface area contributed by atoms with Gasteiger partial charge < -0.3 is 30.8 Å². The Morgan fingerprint density at radius 1 is 0.875 bits per heavy atom. The minimum Gasteiger partial charge on any atom is -0.483 e. The van der Waals surface area contributed by atoms with Crippen LogP contribution >= 0.6 is 0 Å². The van der Waals surface area contributed by atoms with Gasteiger partial charge in [0.2, 0.25) is 23.6 Å². The van der Waals surface area contributed by atoms with Crippen LogP contribution in [0.4, 0.5) is 0 Å². The molecule has 0 bridgehead atoms. The quantitative estimate of drug-likeness (QED) is 0.0948. The van der Waals surface area contributed by atoms with Gasteiger partial charge in [-0.1, -0.05) is 80.6 Å². The molecular weight excluding hydrogens is 713 g/mol. The minimum atomic E-state index is -1.09. The fraction of sp³-hybridized carbons (Fsp3) is 0.419. The molecule has 0 spiro atoms. The van der Waals surface area contributed by atoms with Crippen LogP contribution in [-0.4, -0.2) is 94.5 Å². The number of hydrogen-bond acceptors (Lipinski definition) is 8. The number of aryl methyl sites for hydroxylation is 2. The fourth-order valence-corrected chi connectivity index (χ4v) is 7.31. The average Bonchev–Trinajstić information content (AvgIpc) is 3.80. The van der Waals surface area contributed by atoms with Gasteiger partial charge in [-0.25, -0.2) is 0 Å². The second-order valence-electron chi connectivity index (χ2n) is 15.0. The van der Waals surface area contributed by atoms with Crippen molar-refractivity contribution in [3.8, 4) is 5.75 Å². The standard InChI is InChI=1S/C43H54N6O7/c1-26(2)39(43(55)47-35(41(53)45-29(5)50)22-31-23-44-33-18-10-9-17-32(31)33)48-42(54)36-19-12-20-49(36)24-37(51)34(21-30-15-7-6-8-16-30)46-38(52)25-56-40-27(3)13-11-14-28(40)4/h6-11,13-18,23,26,34-37,39,44,51H,12,19-22,24-25H2,1-5H3,(H,46,52)(H,47,55)(H,48,54)(H,45,50,53)/t34-,35-,36-,37+,39-/m0/s1. The number of H-pyrrole nitrogens is 1. The molecule has 1 fully saturated rings. The number of amides is 5. The Hall–Kier alpha value is -5.53. The van der Waals surface area contributed by atoms with E-state index in [4.69, 9.17) is 4.74 Å². The van der Waals surface area contributed by atoms with Crippen molar-refractivity contribution in [2.45, 2.75) is 90.6 Å². The van der Waals surface area contributed by atoms with Gasteiger partial charge in [0.1, 0.15) is 17.8 Å². The topological polar surface area (TPSA) is 182 Å². The highest BCUT2D eigenvalue weighted by Crippen LogP contribution is 2.23. The first-order valence-electron chi connectivity index (χ1n) is 19.2. The van der Waals surface area contributed by atoms with Crippen LogP contribution < -0.4 is 26.0 Å². The molecule has 1 aromatic heterocycles. The second-order valence-corrected chi connectivity index (χ2v) is 15.0. The molecule has 1 aliphatic heterocycles. The summed E-state index contributed by atoms with van der Waals surface area (Å²) in [6.45, 7) is 9.06. The lowest BCUT2D eigenvalue weighted by molar-refractivity contribution is -0.136. The number of benzene rings is 3. The summed E-state index contributed by atoms with van der Waals surface area (Å²) in [5.74, 6) is -2.23. The molecule has 2 heterocycles. The highest BCUT2D eigenvalue weighted by Gasteiger charge is 2.37. The number of fused-ring (bicyclic) bond motifs is 1. The second kappa shape index (κ2) is 19.4. The van der Waals surface area contributed by atoms with E-state index in [9.17, 15) is 29.1 Å². The van der Waals surface area contributed by atoms with Crippen LogP contribution in [0.1, 0.15) is 55.9 Å². The Kier molecular flexibility index (Phi) is 14.4. The van der Waals surface area contributed by atoms with Gasteiger partial charge in [-0.2, -0.15) is 0 Å². The molecule has 298 valence electrons. The Balaban J connectivity index is 1.25. The Labute approximate surface area is 327 Å². The number of carbonyl (C=O) groups excluding carboxylic acids is 5. The zero-order chi connectivity index (χ0) is 40.4. The van der Waals surface area contributed by atoms with Crippen LogP contribution in [0.2, 0.25) is 0 Å². The van der Waals surface area contributed by atoms with E-state index in [0.29, 0.717) is 31.6 Å². The third-order valence-electron chi connectivity index (χ3n) is 10.2. The van der Waals surface area contributed by atoms with E-state index in [1.807, 2.05) is 91.5 Å². The van der Waals surface area contributed by atoms with Gasteiger partial charge in [-0.15, -0.1) is 0 Å². The minimum absolute atomic E-state index is 0.101.